The highest BCUT2D eigenvalue weighted by Crippen LogP contribution is 2.48. The van der Waals surface area contributed by atoms with E-state index in [2.05, 4.69) is 10.2 Å². The third kappa shape index (κ3) is 3.75. The van der Waals surface area contributed by atoms with Crippen molar-refractivity contribution < 1.29 is 13.9 Å². The lowest BCUT2D eigenvalue weighted by atomic mass is 10.1. The number of nitrogens with zero attached hydrogens (tertiary/aromatic N) is 2. The van der Waals surface area contributed by atoms with E-state index < -0.39 is 5.97 Å². The van der Waals surface area contributed by atoms with E-state index in [1.165, 1.54) is 0 Å². The predicted molar refractivity (Wildman–Crippen MR) is 106 cm³/mol. The maximum atomic E-state index is 12.1. The topological polar surface area (TPSA) is 65.2 Å². The van der Waals surface area contributed by atoms with Gasteiger partial charge in [-0.15, -0.1) is 10.2 Å². The zero-order valence-corrected chi connectivity index (χ0v) is 17.3. The number of hydrogen-bond donors (Lipinski definition) is 0. The summed E-state index contributed by atoms with van der Waals surface area (Å²) in [7, 11) is 0. The molecule has 0 fully saturated rings. The van der Waals surface area contributed by atoms with Gasteiger partial charge < -0.3 is 9.15 Å². The maximum Gasteiger partial charge on any atom is 0.338 e. The van der Waals surface area contributed by atoms with Crippen LogP contribution >= 0.6 is 58.0 Å². The first-order valence-electron chi connectivity index (χ1n) is 7.48. The first kappa shape index (κ1) is 20.2. The molecule has 10 heteroatoms. The summed E-state index contributed by atoms with van der Waals surface area (Å²) < 4.78 is 10.7. The van der Waals surface area contributed by atoms with Crippen LogP contribution in [0, 0.1) is 0 Å². The van der Waals surface area contributed by atoms with Crippen molar-refractivity contribution in [3.05, 3.63) is 54.9 Å². The van der Waals surface area contributed by atoms with Gasteiger partial charge in [-0.25, -0.2) is 4.79 Å². The molecule has 0 aliphatic carbocycles. The van der Waals surface area contributed by atoms with Gasteiger partial charge in [0, 0.05) is 0 Å². The van der Waals surface area contributed by atoms with Crippen LogP contribution in [0.4, 0.5) is 0 Å². The van der Waals surface area contributed by atoms with Crippen LogP contribution in [0.1, 0.15) is 17.3 Å². The standard InChI is InChI=1S/C17H9Cl5N2O3/c1-2-26-17(25)8-6-4-3-5-7(8)15-23-24-16(27-15)9-10(18)12(20)14(22)13(21)11(9)19/h3-6H,2H2,1H3. The smallest absolute Gasteiger partial charge is 0.338 e. The third-order valence-corrected chi connectivity index (χ3v) is 5.78. The fourth-order valence-electron chi connectivity index (χ4n) is 2.28. The third-order valence-electron chi connectivity index (χ3n) is 3.50. The van der Waals surface area contributed by atoms with Crippen LogP contribution in [0.25, 0.3) is 22.9 Å². The number of carbonyl (C=O) groups excluding carboxylic acids is 1. The molecule has 1 aromatic heterocycles. The summed E-state index contributed by atoms with van der Waals surface area (Å²) in [4.78, 5) is 12.1. The first-order valence-corrected chi connectivity index (χ1v) is 9.37. The van der Waals surface area contributed by atoms with E-state index in [4.69, 9.17) is 67.2 Å². The van der Waals surface area contributed by atoms with Crippen LogP contribution in [-0.4, -0.2) is 22.8 Å². The Labute approximate surface area is 179 Å². The maximum absolute atomic E-state index is 12.1. The van der Waals surface area contributed by atoms with Crippen LogP contribution in [0.5, 0.6) is 0 Å². The van der Waals surface area contributed by atoms with Crippen LogP contribution in [-0.2, 0) is 4.74 Å². The van der Waals surface area contributed by atoms with Crippen molar-refractivity contribution in [3.8, 4) is 22.9 Å². The summed E-state index contributed by atoms with van der Waals surface area (Å²) in [5.41, 5.74) is 0.817. The second-order valence-electron chi connectivity index (χ2n) is 5.12. The van der Waals surface area contributed by atoms with E-state index in [0.717, 1.165) is 0 Å². The Hall–Kier alpha value is -1.50. The average molecular weight is 467 g/mol. The molecule has 0 unspecified atom stereocenters. The Balaban J connectivity index is 2.12. The van der Waals surface area contributed by atoms with Gasteiger partial charge in [-0.3, -0.25) is 0 Å². The van der Waals surface area contributed by atoms with E-state index in [1.54, 1.807) is 31.2 Å². The van der Waals surface area contributed by atoms with Crippen molar-refractivity contribution in [2.75, 3.05) is 6.61 Å². The number of rotatable bonds is 4. The Morgan fingerprint density at radius 3 is 2.11 bits per heavy atom. The van der Waals surface area contributed by atoms with Gasteiger partial charge in [-0.05, 0) is 19.1 Å². The molecule has 0 aliphatic heterocycles. The molecule has 2 aromatic carbocycles. The molecule has 27 heavy (non-hydrogen) atoms. The normalized spacial score (nSPS) is 10.9. The minimum atomic E-state index is -0.513. The molecule has 3 rings (SSSR count). The van der Waals surface area contributed by atoms with E-state index in [0.29, 0.717) is 5.56 Å². The summed E-state index contributed by atoms with van der Waals surface area (Å²) in [5, 5.41) is 7.99. The van der Waals surface area contributed by atoms with Crippen LogP contribution in [0.15, 0.2) is 28.7 Å². The fraction of sp³-hybridized carbons (Fsp3) is 0.118. The number of carbonyl (C=O) groups is 1. The second-order valence-corrected chi connectivity index (χ2v) is 7.01. The molecule has 0 N–H and O–H groups in total. The minimum Gasteiger partial charge on any atom is -0.462 e. The van der Waals surface area contributed by atoms with E-state index in [1.807, 2.05) is 0 Å². The molecule has 0 radical (unpaired) electrons. The van der Waals surface area contributed by atoms with Crippen LogP contribution in [0.3, 0.4) is 0 Å². The quantitative estimate of drug-likeness (QED) is 0.239. The fourth-order valence-corrected chi connectivity index (χ4v) is 3.58. The van der Waals surface area contributed by atoms with Gasteiger partial charge in [0.25, 0.3) is 5.89 Å². The van der Waals surface area contributed by atoms with Gasteiger partial charge in [0.1, 0.15) is 0 Å². The van der Waals surface area contributed by atoms with E-state index in [-0.39, 0.29) is 54.6 Å². The summed E-state index contributed by atoms with van der Waals surface area (Å²) in [5.74, 6) is -0.469. The number of aromatic nitrogens is 2. The number of esters is 1. The SMILES string of the molecule is CCOC(=O)c1ccccc1-c1nnc(-c2c(Cl)c(Cl)c(Cl)c(Cl)c2Cl)o1. The van der Waals surface area contributed by atoms with Crippen molar-refractivity contribution in [2.45, 2.75) is 6.92 Å². The van der Waals surface area contributed by atoms with Gasteiger partial charge in [0.05, 0.1) is 48.4 Å². The molecule has 0 aliphatic rings. The minimum absolute atomic E-state index is 0.00871. The number of benzene rings is 2. The Bertz CT molecular complexity index is 1010. The van der Waals surface area contributed by atoms with Crippen molar-refractivity contribution in [1.82, 2.24) is 10.2 Å². The van der Waals surface area contributed by atoms with Gasteiger partial charge in [0.2, 0.25) is 5.89 Å². The monoisotopic (exact) mass is 464 g/mol. The highest BCUT2D eigenvalue weighted by atomic mass is 35.5. The molecule has 0 amide bonds. The molecule has 0 saturated heterocycles. The molecule has 0 bridgehead atoms. The largest absolute Gasteiger partial charge is 0.462 e. The van der Waals surface area contributed by atoms with Gasteiger partial charge in [0.15, 0.2) is 0 Å². The Morgan fingerprint density at radius 1 is 0.926 bits per heavy atom. The average Bonchev–Trinajstić information content (AvgIpc) is 3.14. The first-order chi connectivity index (χ1) is 12.9. The molecule has 140 valence electrons. The Kier molecular flexibility index (Phi) is 6.18. The highest BCUT2D eigenvalue weighted by molar-refractivity contribution is 6.56. The molecule has 0 saturated carbocycles. The molecule has 1 heterocycles. The lowest BCUT2D eigenvalue weighted by Crippen LogP contribution is -2.06. The summed E-state index contributed by atoms with van der Waals surface area (Å²) in [6.45, 7) is 1.94. The second kappa shape index (κ2) is 8.25. The molecule has 0 spiro atoms. The van der Waals surface area contributed by atoms with Crippen molar-refractivity contribution in [2.24, 2.45) is 0 Å². The van der Waals surface area contributed by atoms with Crippen LogP contribution < -0.4 is 0 Å². The summed E-state index contributed by atoms with van der Waals surface area (Å²) >= 11 is 30.6. The highest BCUT2D eigenvalue weighted by Gasteiger charge is 2.25. The number of halogens is 5. The zero-order chi connectivity index (χ0) is 19.7. The molecular formula is C17H9Cl5N2O3. The van der Waals surface area contributed by atoms with Crippen LogP contribution in [0.2, 0.25) is 25.1 Å². The lowest BCUT2D eigenvalue weighted by molar-refractivity contribution is 0.0527. The molecule has 5 nitrogen and oxygen atoms in total. The summed E-state index contributed by atoms with van der Waals surface area (Å²) in [6.07, 6.45) is 0. The molecular weight excluding hydrogens is 457 g/mol. The molecule has 0 atom stereocenters. The van der Waals surface area contributed by atoms with Gasteiger partial charge >= 0.3 is 5.97 Å². The number of ether oxygens (including phenoxy) is 1. The summed E-state index contributed by atoms with van der Waals surface area (Å²) in [6, 6.07) is 6.65. The van der Waals surface area contributed by atoms with Gasteiger partial charge in [-0.2, -0.15) is 0 Å². The van der Waals surface area contributed by atoms with Crippen molar-refractivity contribution >= 4 is 64.0 Å². The van der Waals surface area contributed by atoms with Crippen molar-refractivity contribution in [1.29, 1.82) is 0 Å². The predicted octanol–water partition coefficient (Wildman–Crippen LogP) is 6.85. The Morgan fingerprint density at radius 2 is 1.48 bits per heavy atom. The zero-order valence-electron chi connectivity index (χ0n) is 13.5. The van der Waals surface area contributed by atoms with Crippen molar-refractivity contribution in [3.63, 3.8) is 0 Å². The lowest BCUT2D eigenvalue weighted by Gasteiger charge is -2.09. The molecule has 3 aromatic rings. The van der Waals surface area contributed by atoms with E-state index in [9.17, 15) is 4.79 Å². The number of hydrogen-bond acceptors (Lipinski definition) is 5. The van der Waals surface area contributed by atoms with Gasteiger partial charge in [-0.1, -0.05) is 70.1 Å². The van der Waals surface area contributed by atoms with E-state index >= 15 is 0 Å².